The van der Waals surface area contributed by atoms with Crippen LogP contribution >= 0.6 is 0 Å². The Morgan fingerprint density at radius 3 is 2.43 bits per heavy atom. The van der Waals surface area contributed by atoms with E-state index >= 15 is 0 Å². The lowest BCUT2D eigenvalue weighted by Gasteiger charge is -2.03. The number of benzene rings is 1. The molecular formula is C11H16N2O. The van der Waals surface area contributed by atoms with Crippen LogP contribution in [0, 0.1) is 0 Å². The van der Waals surface area contributed by atoms with E-state index in [1.807, 2.05) is 24.3 Å². The lowest BCUT2D eigenvalue weighted by atomic mass is 10.1. The third-order valence-electron chi connectivity index (χ3n) is 1.99. The normalized spacial score (nSPS) is 9.86. The average molecular weight is 192 g/mol. The summed E-state index contributed by atoms with van der Waals surface area (Å²) in [6.45, 7) is 2.14. The van der Waals surface area contributed by atoms with Crippen molar-refractivity contribution >= 4 is 5.91 Å². The van der Waals surface area contributed by atoms with Crippen molar-refractivity contribution in [3.05, 3.63) is 35.4 Å². The highest BCUT2D eigenvalue weighted by molar-refractivity contribution is 5.93. The predicted octanol–water partition coefficient (Wildman–Crippen LogP) is 1.50. The first kappa shape index (κ1) is 10.7. The van der Waals surface area contributed by atoms with Gasteiger partial charge in [-0.15, -0.1) is 0 Å². The molecule has 14 heavy (non-hydrogen) atoms. The summed E-state index contributed by atoms with van der Waals surface area (Å²) in [4.78, 5) is 11.3. The van der Waals surface area contributed by atoms with Gasteiger partial charge in [-0.2, -0.15) is 0 Å². The van der Waals surface area contributed by atoms with Crippen LogP contribution in [0.15, 0.2) is 24.3 Å². The minimum absolute atomic E-state index is 0.101. The zero-order valence-electron chi connectivity index (χ0n) is 8.63. The fourth-order valence-electron chi connectivity index (χ4n) is 1.30. The summed E-state index contributed by atoms with van der Waals surface area (Å²) >= 11 is 0. The maximum Gasteiger partial charge on any atom is 0.265 e. The first-order chi connectivity index (χ1) is 6.77. The van der Waals surface area contributed by atoms with Crippen molar-refractivity contribution in [3.63, 3.8) is 0 Å². The van der Waals surface area contributed by atoms with Gasteiger partial charge in [0.05, 0.1) is 0 Å². The van der Waals surface area contributed by atoms with Crippen molar-refractivity contribution in [2.45, 2.75) is 19.8 Å². The number of hydrogen-bond donors (Lipinski definition) is 2. The molecule has 0 saturated heterocycles. The Labute approximate surface area is 84.5 Å². The maximum atomic E-state index is 11.3. The van der Waals surface area contributed by atoms with Gasteiger partial charge in [0.25, 0.3) is 5.91 Å². The molecule has 2 N–H and O–H groups in total. The minimum atomic E-state index is -0.101. The van der Waals surface area contributed by atoms with E-state index in [4.69, 9.17) is 0 Å². The second kappa shape index (κ2) is 5.40. The number of rotatable bonds is 4. The Morgan fingerprint density at radius 2 is 1.93 bits per heavy atom. The summed E-state index contributed by atoms with van der Waals surface area (Å²) in [6, 6.07) is 7.68. The first-order valence-corrected chi connectivity index (χ1v) is 4.84. The molecule has 0 atom stereocenters. The van der Waals surface area contributed by atoms with Crippen LogP contribution in [0.4, 0.5) is 0 Å². The SMILES string of the molecule is CCCc1ccc(C(=O)NNC)cc1. The molecule has 0 aliphatic carbocycles. The Hall–Kier alpha value is -1.35. The Kier molecular flexibility index (Phi) is 4.13. The van der Waals surface area contributed by atoms with Gasteiger partial charge in [0.1, 0.15) is 0 Å². The van der Waals surface area contributed by atoms with Crippen molar-refractivity contribution in [1.29, 1.82) is 0 Å². The topological polar surface area (TPSA) is 41.1 Å². The Balaban J connectivity index is 2.67. The van der Waals surface area contributed by atoms with Crippen LogP contribution in [0.5, 0.6) is 0 Å². The van der Waals surface area contributed by atoms with Crippen molar-refractivity contribution in [2.75, 3.05) is 7.05 Å². The fourth-order valence-corrected chi connectivity index (χ4v) is 1.30. The molecule has 76 valence electrons. The van der Waals surface area contributed by atoms with Crippen LogP contribution in [-0.4, -0.2) is 13.0 Å². The van der Waals surface area contributed by atoms with E-state index in [9.17, 15) is 4.79 Å². The molecule has 1 aromatic rings. The van der Waals surface area contributed by atoms with E-state index in [1.54, 1.807) is 7.05 Å². The van der Waals surface area contributed by atoms with E-state index in [0.717, 1.165) is 12.8 Å². The van der Waals surface area contributed by atoms with Gasteiger partial charge < -0.3 is 0 Å². The zero-order chi connectivity index (χ0) is 10.4. The number of aryl methyl sites for hydroxylation is 1. The van der Waals surface area contributed by atoms with E-state index in [-0.39, 0.29) is 5.91 Å². The highest BCUT2D eigenvalue weighted by atomic mass is 16.2. The van der Waals surface area contributed by atoms with Gasteiger partial charge in [-0.05, 0) is 24.1 Å². The van der Waals surface area contributed by atoms with Crippen LogP contribution < -0.4 is 10.9 Å². The lowest BCUT2D eigenvalue weighted by molar-refractivity contribution is 0.0938. The minimum Gasteiger partial charge on any atom is -0.288 e. The van der Waals surface area contributed by atoms with E-state index < -0.39 is 0 Å². The molecule has 0 aliphatic rings. The molecule has 0 heterocycles. The summed E-state index contributed by atoms with van der Waals surface area (Å²) in [5.41, 5.74) is 7.08. The highest BCUT2D eigenvalue weighted by Gasteiger charge is 2.02. The van der Waals surface area contributed by atoms with Gasteiger partial charge in [-0.3, -0.25) is 10.2 Å². The second-order valence-corrected chi connectivity index (χ2v) is 3.15. The van der Waals surface area contributed by atoms with Crippen LogP contribution in [0.2, 0.25) is 0 Å². The molecule has 0 bridgehead atoms. The molecule has 0 radical (unpaired) electrons. The molecule has 0 aromatic heterocycles. The largest absolute Gasteiger partial charge is 0.288 e. The smallest absolute Gasteiger partial charge is 0.265 e. The van der Waals surface area contributed by atoms with Gasteiger partial charge in [0.15, 0.2) is 0 Å². The molecule has 0 fully saturated rings. The molecule has 3 nitrogen and oxygen atoms in total. The Bertz CT molecular complexity index is 293. The molecule has 1 rings (SSSR count). The van der Waals surface area contributed by atoms with Crippen LogP contribution in [0.3, 0.4) is 0 Å². The Morgan fingerprint density at radius 1 is 1.29 bits per heavy atom. The van der Waals surface area contributed by atoms with E-state index in [1.165, 1.54) is 5.56 Å². The molecule has 0 spiro atoms. The lowest BCUT2D eigenvalue weighted by Crippen LogP contribution is -2.34. The molecule has 0 saturated carbocycles. The first-order valence-electron chi connectivity index (χ1n) is 4.84. The number of carbonyl (C=O) groups excluding carboxylic acids is 1. The predicted molar refractivity (Wildman–Crippen MR) is 57.0 cm³/mol. The van der Waals surface area contributed by atoms with Crippen molar-refractivity contribution in [3.8, 4) is 0 Å². The number of nitrogens with one attached hydrogen (secondary N) is 2. The third kappa shape index (κ3) is 2.85. The highest BCUT2D eigenvalue weighted by Crippen LogP contribution is 2.06. The fraction of sp³-hybridized carbons (Fsp3) is 0.364. The number of carbonyl (C=O) groups is 1. The maximum absolute atomic E-state index is 11.3. The second-order valence-electron chi connectivity index (χ2n) is 3.15. The number of hydrogen-bond acceptors (Lipinski definition) is 2. The van der Waals surface area contributed by atoms with Gasteiger partial charge >= 0.3 is 0 Å². The van der Waals surface area contributed by atoms with Crippen LogP contribution in [0.1, 0.15) is 29.3 Å². The summed E-state index contributed by atoms with van der Waals surface area (Å²) in [7, 11) is 1.67. The molecule has 1 aromatic carbocycles. The monoisotopic (exact) mass is 192 g/mol. The zero-order valence-corrected chi connectivity index (χ0v) is 8.63. The van der Waals surface area contributed by atoms with E-state index in [2.05, 4.69) is 17.8 Å². The van der Waals surface area contributed by atoms with Crippen molar-refractivity contribution in [1.82, 2.24) is 10.9 Å². The van der Waals surface area contributed by atoms with Crippen molar-refractivity contribution < 1.29 is 4.79 Å². The van der Waals surface area contributed by atoms with Crippen LogP contribution in [0.25, 0.3) is 0 Å². The van der Waals surface area contributed by atoms with Crippen LogP contribution in [-0.2, 0) is 6.42 Å². The number of amides is 1. The van der Waals surface area contributed by atoms with Gasteiger partial charge in [-0.25, -0.2) is 5.43 Å². The van der Waals surface area contributed by atoms with E-state index in [0.29, 0.717) is 5.56 Å². The van der Waals surface area contributed by atoms with Gasteiger partial charge in [0, 0.05) is 12.6 Å². The molecular weight excluding hydrogens is 176 g/mol. The standard InChI is InChI=1S/C11H16N2O/c1-3-4-9-5-7-10(8-6-9)11(14)13-12-2/h5-8,12H,3-4H2,1-2H3,(H,13,14). The molecule has 3 heteroatoms. The third-order valence-corrected chi connectivity index (χ3v) is 1.99. The quantitative estimate of drug-likeness (QED) is 0.710. The summed E-state index contributed by atoms with van der Waals surface area (Å²) in [5.74, 6) is -0.101. The van der Waals surface area contributed by atoms with Gasteiger partial charge in [0.2, 0.25) is 0 Å². The summed E-state index contributed by atoms with van der Waals surface area (Å²) < 4.78 is 0. The molecule has 0 unspecified atom stereocenters. The van der Waals surface area contributed by atoms with Crippen molar-refractivity contribution in [2.24, 2.45) is 0 Å². The summed E-state index contributed by atoms with van der Waals surface area (Å²) in [5, 5.41) is 0. The summed E-state index contributed by atoms with van der Waals surface area (Å²) in [6.07, 6.45) is 2.19. The van der Waals surface area contributed by atoms with Gasteiger partial charge in [-0.1, -0.05) is 25.5 Å². The molecule has 0 aliphatic heterocycles. The average Bonchev–Trinajstić information content (AvgIpc) is 2.20. The number of hydrazine groups is 1. The molecule has 1 amide bonds.